The highest BCUT2D eigenvalue weighted by molar-refractivity contribution is 8.76. The minimum absolute atomic E-state index is 0.0594. The molecule has 0 bridgehead atoms. The Hall–Kier alpha value is -1.53. The SMILES string of the molecule is CC=C(C)C(=O)OC1(C)CC=C2CSSCC3CCN3C(=O)CC3CNC(N)CC3C2C12CC1CC3CCC(=O)OC3CC1O2. The van der Waals surface area contributed by atoms with Gasteiger partial charge in [0, 0.05) is 67.8 Å². The molecule has 7 aliphatic rings. The zero-order valence-electron chi connectivity index (χ0n) is 26.8. The summed E-state index contributed by atoms with van der Waals surface area (Å²) in [5, 5.41) is 3.49. The number of nitrogens with one attached hydrogen (secondary N) is 1. The summed E-state index contributed by atoms with van der Waals surface area (Å²) >= 11 is 0. The van der Waals surface area contributed by atoms with Gasteiger partial charge < -0.3 is 30.2 Å². The smallest absolute Gasteiger partial charge is 0.334 e. The second-order valence-electron chi connectivity index (χ2n) is 14.8. The lowest BCUT2D eigenvalue weighted by Gasteiger charge is -2.57. The molecule has 11 heteroatoms. The summed E-state index contributed by atoms with van der Waals surface area (Å²) in [6.07, 6.45) is 10.3. The van der Waals surface area contributed by atoms with Gasteiger partial charge >= 0.3 is 11.9 Å². The van der Waals surface area contributed by atoms with Crippen LogP contribution in [-0.4, -0.2) is 83.0 Å². The molecular formula is C34H49N3O6S2. The first-order chi connectivity index (χ1) is 21.6. The van der Waals surface area contributed by atoms with Gasteiger partial charge in [-0.3, -0.25) is 9.59 Å². The van der Waals surface area contributed by atoms with E-state index >= 15 is 0 Å². The molecule has 1 spiro atoms. The minimum atomic E-state index is -0.914. The van der Waals surface area contributed by atoms with Crippen molar-refractivity contribution in [2.45, 2.75) is 114 Å². The molecule has 3 N–H and O–H groups in total. The van der Waals surface area contributed by atoms with Gasteiger partial charge in [0.05, 0.1) is 12.3 Å². The Morgan fingerprint density at radius 1 is 1.16 bits per heavy atom. The molecule has 6 fully saturated rings. The monoisotopic (exact) mass is 659 g/mol. The van der Waals surface area contributed by atoms with Crippen molar-refractivity contribution in [3.63, 3.8) is 0 Å². The fraction of sp³-hybridized carbons (Fsp3) is 0.794. The highest BCUT2D eigenvalue weighted by Crippen LogP contribution is 2.62. The maximum atomic E-state index is 13.7. The lowest BCUT2D eigenvalue weighted by Crippen LogP contribution is -2.65. The van der Waals surface area contributed by atoms with Gasteiger partial charge in [-0.15, -0.1) is 0 Å². The van der Waals surface area contributed by atoms with Crippen LogP contribution < -0.4 is 11.1 Å². The molecule has 11 atom stereocenters. The van der Waals surface area contributed by atoms with Gasteiger partial charge in [-0.1, -0.05) is 39.3 Å². The van der Waals surface area contributed by atoms with Crippen molar-refractivity contribution in [3.05, 3.63) is 23.3 Å². The third-order valence-corrected chi connectivity index (χ3v) is 14.7. The largest absolute Gasteiger partial charge is 0.462 e. The average Bonchev–Trinajstić information content (AvgIpc) is 3.36. The third-order valence-electron chi connectivity index (χ3n) is 12.3. The van der Waals surface area contributed by atoms with Crippen molar-refractivity contribution in [2.75, 3.05) is 24.6 Å². The fourth-order valence-corrected chi connectivity index (χ4v) is 12.2. The highest BCUT2D eigenvalue weighted by atomic mass is 33.1. The van der Waals surface area contributed by atoms with Gasteiger partial charge in [0.25, 0.3) is 0 Å². The van der Waals surface area contributed by atoms with Crippen LogP contribution in [0.25, 0.3) is 0 Å². The molecule has 0 aromatic carbocycles. The Morgan fingerprint density at radius 2 is 2.00 bits per heavy atom. The molecule has 5 saturated heterocycles. The second kappa shape index (κ2) is 12.5. The number of rotatable bonds is 2. The van der Waals surface area contributed by atoms with Crippen molar-refractivity contribution in [2.24, 2.45) is 35.3 Å². The number of fused-ring (bicyclic) bond motifs is 7. The fourth-order valence-electron chi connectivity index (χ4n) is 9.62. The number of nitrogens with two attached hydrogens (primary N) is 1. The number of ether oxygens (including phenoxy) is 3. The third kappa shape index (κ3) is 5.70. The van der Waals surface area contributed by atoms with Gasteiger partial charge in [0.1, 0.15) is 17.3 Å². The maximum Gasteiger partial charge on any atom is 0.334 e. The average molecular weight is 660 g/mol. The number of allylic oxidation sites excluding steroid dienone is 1. The number of nitrogens with zero attached hydrogens (tertiary/aromatic N) is 1. The number of piperidine rings is 1. The van der Waals surface area contributed by atoms with E-state index in [-0.39, 0.29) is 59.9 Å². The summed E-state index contributed by atoms with van der Waals surface area (Å²) in [6, 6.07) is 0.325. The molecular weight excluding hydrogens is 611 g/mol. The van der Waals surface area contributed by atoms with Crippen LogP contribution >= 0.6 is 21.6 Å². The number of hydrogen-bond acceptors (Lipinski definition) is 10. The van der Waals surface area contributed by atoms with E-state index in [1.165, 1.54) is 5.57 Å². The second-order valence-corrected chi connectivity index (χ2v) is 17.3. The van der Waals surface area contributed by atoms with Crippen molar-refractivity contribution < 1.29 is 28.6 Å². The summed E-state index contributed by atoms with van der Waals surface area (Å²) in [4.78, 5) is 41.7. The molecule has 0 radical (unpaired) electrons. The van der Waals surface area contributed by atoms with E-state index in [9.17, 15) is 14.4 Å². The first kappa shape index (κ1) is 32.0. The number of esters is 2. The minimum Gasteiger partial charge on any atom is -0.462 e. The van der Waals surface area contributed by atoms with E-state index < -0.39 is 11.2 Å². The van der Waals surface area contributed by atoms with Gasteiger partial charge in [-0.25, -0.2) is 4.79 Å². The van der Waals surface area contributed by atoms with Crippen molar-refractivity contribution in [1.82, 2.24) is 10.2 Å². The highest BCUT2D eigenvalue weighted by Gasteiger charge is 2.67. The van der Waals surface area contributed by atoms with Gasteiger partial charge in [-0.05, 0) is 76.5 Å². The summed E-state index contributed by atoms with van der Waals surface area (Å²) in [7, 11) is 3.74. The molecule has 5 aliphatic heterocycles. The van der Waals surface area contributed by atoms with Crippen LogP contribution in [-0.2, 0) is 28.6 Å². The first-order valence-electron chi connectivity index (χ1n) is 17.1. The maximum absolute atomic E-state index is 13.7. The van der Waals surface area contributed by atoms with Crippen LogP contribution in [0.4, 0.5) is 0 Å². The first-order valence-corrected chi connectivity index (χ1v) is 19.5. The van der Waals surface area contributed by atoms with Gasteiger partial charge in [-0.2, -0.15) is 0 Å². The number of hydrogen-bond donors (Lipinski definition) is 2. The number of amides is 1. The molecule has 2 aliphatic carbocycles. The Kier molecular flexibility index (Phi) is 8.89. The molecule has 9 nitrogen and oxygen atoms in total. The van der Waals surface area contributed by atoms with Crippen LogP contribution in [0.5, 0.6) is 0 Å². The number of carbonyl (C=O) groups excluding carboxylic acids is 3. The zero-order chi connectivity index (χ0) is 31.5. The van der Waals surface area contributed by atoms with Crippen molar-refractivity contribution in [3.8, 4) is 0 Å². The molecule has 1 amide bonds. The van der Waals surface area contributed by atoms with E-state index in [2.05, 4.69) is 23.2 Å². The van der Waals surface area contributed by atoms with Crippen molar-refractivity contribution >= 4 is 39.4 Å². The van der Waals surface area contributed by atoms with E-state index in [0.29, 0.717) is 49.8 Å². The molecule has 11 unspecified atom stereocenters. The van der Waals surface area contributed by atoms with Crippen LogP contribution in [0, 0.1) is 29.6 Å². The molecule has 45 heavy (non-hydrogen) atoms. The number of carbonyl (C=O) groups is 3. The Balaban J connectivity index is 1.31. The molecule has 7 rings (SSSR count). The standard InChI is InChI=1S/C34H49N3O6S2/c1-4-19(2)32(40)43-33(3)9-7-21-17-44-45-18-24-8-10-37(24)29(38)12-23-16-36-28(35)13-25(23)31(21)34(33)15-22-11-20-5-6-30(39)41-26(20)14-27(22)42-34/h4,7,20,22-28,31,36H,5-6,8-18,35H2,1-3H3. The Labute approximate surface area is 274 Å². The summed E-state index contributed by atoms with van der Waals surface area (Å²) in [5.41, 5.74) is 6.88. The van der Waals surface area contributed by atoms with Crippen LogP contribution in [0.3, 0.4) is 0 Å². The van der Waals surface area contributed by atoms with E-state index in [1.807, 2.05) is 28.5 Å². The lowest BCUT2D eigenvalue weighted by atomic mass is 9.56. The predicted molar refractivity (Wildman–Crippen MR) is 175 cm³/mol. The summed E-state index contributed by atoms with van der Waals surface area (Å²) < 4.78 is 19.9. The zero-order valence-corrected chi connectivity index (χ0v) is 28.5. The quantitative estimate of drug-likeness (QED) is 0.192. The van der Waals surface area contributed by atoms with E-state index in [1.54, 1.807) is 13.0 Å². The summed E-state index contributed by atoms with van der Waals surface area (Å²) in [6.45, 7) is 7.26. The Bertz CT molecular complexity index is 1280. The molecule has 1 saturated carbocycles. The lowest BCUT2D eigenvalue weighted by molar-refractivity contribution is -0.229. The van der Waals surface area contributed by atoms with Crippen LogP contribution in [0.15, 0.2) is 23.3 Å². The van der Waals surface area contributed by atoms with Crippen LogP contribution in [0.2, 0.25) is 0 Å². The van der Waals surface area contributed by atoms with Gasteiger partial charge in [0.2, 0.25) is 5.91 Å². The van der Waals surface area contributed by atoms with Crippen LogP contribution in [0.1, 0.15) is 78.6 Å². The molecule has 5 heterocycles. The van der Waals surface area contributed by atoms with E-state index in [0.717, 1.165) is 50.2 Å². The predicted octanol–water partition coefficient (Wildman–Crippen LogP) is 4.36. The van der Waals surface area contributed by atoms with E-state index in [4.69, 9.17) is 19.9 Å². The molecule has 248 valence electrons. The van der Waals surface area contributed by atoms with Crippen molar-refractivity contribution in [1.29, 1.82) is 0 Å². The molecule has 0 aromatic heterocycles. The normalized spacial score (nSPS) is 45.2. The topological polar surface area (TPSA) is 120 Å². The molecule has 0 aromatic rings. The van der Waals surface area contributed by atoms with Gasteiger partial charge in [0.15, 0.2) is 0 Å². The summed E-state index contributed by atoms with van der Waals surface area (Å²) in [5.74, 6) is 2.36. The Morgan fingerprint density at radius 3 is 2.78 bits per heavy atom.